The number of methoxy groups -OCH3 is 1. The van der Waals surface area contributed by atoms with Crippen LogP contribution in [0.15, 0.2) is 18.2 Å². The fourth-order valence-electron chi connectivity index (χ4n) is 6.62. The third kappa shape index (κ3) is 1.55. The Bertz CT molecular complexity index is 624. The second-order valence-electron chi connectivity index (χ2n) is 8.45. The third-order valence-electron chi connectivity index (χ3n) is 7.66. The van der Waals surface area contributed by atoms with Crippen molar-refractivity contribution in [1.82, 2.24) is 0 Å². The molecule has 3 saturated carbocycles. The summed E-state index contributed by atoms with van der Waals surface area (Å²) in [6.07, 6.45) is 6.22. The highest BCUT2D eigenvalue weighted by atomic mass is 16.5. The van der Waals surface area contributed by atoms with Crippen LogP contribution in [0.5, 0.6) is 5.75 Å². The Morgan fingerprint density at radius 3 is 2.86 bits per heavy atom. The van der Waals surface area contributed by atoms with E-state index >= 15 is 0 Å². The number of aryl methyl sites for hydroxylation is 1. The van der Waals surface area contributed by atoms with Crippen molar-refractivity contribution in [2.75, 3.05) is 7.11 Å². The highest BCUT2D eigenvalue weighted by Crippen LogP contribution is 2.71. The van der Waals surface area contributed by atoms with E-state index in [1.165, 1.54) is 37.7 Å². The van der Waals surface area contributed by atoms with E-state index in [0.717, 1.165) is 29.4 Å². The average Bonchev–Trinajstić information content (AvgIpc) is 3.28. The number of fused-ring (bicyclic) bond motifs is 7. The maximum Gasteiger partial charge on any atom is 0.119 e. The number of benzene rings is 1. The van der Waals surface area contributed by atoms with Crippen LogP contribution in [0.2, 0.25) is 0 Å². The first-order valence-corrected chi connectivity index (χ1v) is 8.98. The van der Waals surface area contributed by atoms with Gasteiger partial charge in [0.15, 0.2) is 0 Å². The van der Waals surface area contributed by atoms with Crippen molar-refractivity contribution < 1.29 is 9.84 Å². The van der Waals surface area contributed by atoms with Crippen molar-refractivity contribution in [3.63, 3.8) is 0 Å². The zero-order chi connectivity index (χ0) is 15.1. The largest absolute Gasteiger partial charge is 0.497 e. The molecule has 0 aromatic heterocycles. The van der Waals surface area contributed by atoms with E-state index in [-0.39, 0.29) is 11.5 Å². The quantitative estimate of drug-likeness (QED) is 0.855. The molecule has 0 saturated heterocycles. The van der Waals surface area contributed by atoms with E-state index in [1.54, 1.807) is 12.7 Å². The Morgan fingerprint density at radius 1 is 1.18 bits per heavy atom. The van der Waals surface area contributed by atoms with Crippen LogP contribution in [0.3, 0.4) is 0 Å². The molecule has 0 bridgehead atoms. The summed E-state index contributed by atoms with van der Waals surface area (Å²) in [7, 11) is 1.76. The number of aliphatic hydroxyl groups is 1. The highest BCUT2D eigenvalue weighted by molar-refractivity contribution is 5.41. The molecule has 1 aromatic rings. The lowest BCUT2D eigenvalue weighted by Gasteiger charge is -2.51. The van der Waals surface area contributed by atoms with Crippen LogP contribution in [0.25, 0.3) is 0 Å². The average molecular weight is 298 g/mol. The maximum absolute atomic E-state index is 10.7. The number of ether oxygens (including phenoxy) is 1. The van der Waals surface area contributed by atoms with Crippen LogP contribution in [0, 0.1) is 29.1 Å². The van der Waals surface area contributed by atoms with Crippen molar-refractivity contribution in [2.45, 2.75) is 51.0 Å². The Balaban J connectivity index is 1.53. The second-order valence-corrected chi connectivity index (χ2v) is 8.45. The first-order valence-electron chi connectivity index (χ1n) is 8.98. The molecule has 4 aliphatic carbocycles. The first-order chi connectivity index (χ1) is 10.6. The minimum atomic E-state index is -0.0271. The SMILES string of the molecule is COc1ccc2c(c1)CCC1C2CCC2(C)C(O)C3C[C@@H]3C12. The van der Waals surface area contributed by atoms with Crippen LogP contribution < -0.4 is 4.74 Å². The van der Waals surface area contributed by atoms with Crippen LogP contribution in [-0.4, -0.2) is 18.3 Å². The molecule has 0 radical (unpaired) electrons. The molecule has 3 fully saturated rings. The van der Waals surface area contributed by atoms with E-state index in [2.05, 4.69) is 25.1 Å². The molecule has 0 aliphatic heterocycles. The lowest BCUT2D eigenvalue weighted by molar-refractivity contribution is -0.0464. The fourth-order valence-corrected chi connectivity index (χ4v) is 6.62. The van der Waals surface area contributed by atoms with Gasteiger partial charge in [0.05, 0.1) is 13.2 Å². The normalized spacial score (nSPS) is 48.0. The van der Waals surface area contributed by atoms with E-state index in [9.17, 15) is 5.11 Å². The van der Waals surface area contributed by atoms with Gasteiger partial charge in [0.25, 0.3) is 0 Å². The summed E-state index contributed by atoms with van der Waals surface area (Å²) >= 11 is 0. The fraction of sp³-hybridized carbons (Fsp3) is 0.700. The zero-order valence-electron chi connectivity index (χ0n) is 13.6. The number of rotatable bonds is 1. The third-order valence-corrected chi connectivity index (χ3v) is 7.66. The molecule has 0 amide bonds. The molecule has 5 rings (SSSR count). The summed E-state index contributed by atoms with van der Waals surface area (Å²) in [5.41, 5.74) is 3.30. The molecule has 118 valence electrons. The first kappa shape index (κ1) is 13.4. The molecule has 1 N–H and O–H groups in total. The molecule has 0 heterocycles. The lowest BCUT2D eigenvalue weighted by Crippen LogP contribution is -2.46. The molecule has 6 unspecified atom stereocenters. The molecule has 1 aromatic carbocycles. The Kier molecular flexibility index (Phi) is 2.61. The Morgan fingerprint density at radius 2 is 2.05 bits per heavy atom. The van der Waals surface area contributed by atoms with Crippen LogP contribution in [0.4, 0.5) is 0 Å². The van der Waals surface area contributed by atoms with Gasteiger partial charge in [0, 0.05) is 0 Å². The van der Waals surface area contributed by atoms with Gasteiger partial charge in [-0.2, -0.15) is 0 Å². The molecule has 7 atom stereocenters. The van der Waals surface area contributed by atoms with Gasteiger partial charge in [-0.1, -0.05) is 13.0 Å². The van der Waals surface area contributed by atoms with Gasteiger partial charge in [0.1, 0.15) is 5.75 Å². The number of aliphatic hydroxyl groups excluding tert-OH is 1. The van der Waals surface area contributed by atoms with Crippen molar-refractivity contribution in [3.05, 3.63) is 29.3 Å². The van der Waals surface area contributed by atoms with Gasteiger partial charge in [-0.05, 0) is 90.4 Å². The standard InChI is InChI=1S/C20H26O2/c1-20-8-7-14-13-6-4-12(22-2)9-11(13)3-5-15(14)18(20)16-10-17(16)19(20)21/h4,6,9,14-19,21H,3,5,7-8,10H2,1-2H3/t14?,15?,16-,17?,18?,19?,20?/m0/s1. The minimum Gasteiger partial charge on any atom is -0.497 e. The van der Waals surface area contributed by atoms with E-state index in [1.807, 2.05) is 0 Å². The summed E-state index contributed by atoms with van der Waals surface area (Å²) < 4.78 is 5.41. The smallest absolute Gasteiger partial charge is 0.119 e. The van der Waals surface area contributed by atoms with Gasteiger partial charge >= 0.3 is 0 Å². The van der Waals surface area contributed by atoms with Crippen LogP contribution >= 0.6 is 0 Å². The van der Waals surface area contributed by atoms with E-state index in [4.69, 9.17) is 4.74 Å². The van der Waals surface area contributed by atoms with Crippen molar-refractivity contribution in [2.24, 2.45) is 29.1 Å². The molecular formula is C20H26O2. The predicted octanol–water partition coefficient (Wildman–Crippen LogP) is 3.77. The van der Waals surface area contributed by atoms with Gasteiger partial charge in [-0.15, -0.1) is 0 Å². The summed E-state index contributed by atoms with van der Waals surface area (Å²) in [5.74, 6) is 4.74. The minimum absolute atomic E-state index is 0.0271. The van der Waals surface area contributed by atoms with Gasteiger partial charge in [-0.3, -0.25) is 0 Å². The molecule has 0 spiro atoms. The predicted molar refractivity (Wildman–Crippen MR) is 86.0 cm³/mol. The van der Waals surface area contributed by atoms with Crippen LogP contribution in [0.1, 0.15) is 49.7 Å². The lowest BCUT2D eigenvalue weighted by atomic mass is 9.54. The molecular weight excluding hydrogens is 272 g/mol. The summed E-state index contributed by atoms with van der Waals surface area (Å²) in [4.78, 5) is 0. The van der Waals surface area contributed by atoms with Gasteiger partial charge < -0.3 is 9.84 Å². The second kappa shape index (κ2) is 4.29. The molecule has 4 aliphatic rings. The van der Waals surface area contributed by atoms with Crippen molar-refractivity contribution in [3.8, 4) is 5.75 Å². The van der Waals surface area contributed by atoms with E-state index in [0.29, 0.717) is 5.92 Å². The zero-order valence-corrected chi connectivity index (χ0v) is 13.6. The van der Waals surface area contributed by atoms with Gasteiger partial charge in [-0.25, -0.2) is 0 Å². The summed E-state index contributed by atoms with van der Waals surface area (Å²) in [6, 6.07) is 6.71. The van der Waals surface area contributed by atoms with Crippen molar-refractivity contribution in [1.29, 1.82) is 0 Å². The van der Waals surface area contributed by atoms with Gasteiger partial charge in [0.2, 0.25) is 0 Å². The Hall–Kier alpha value is -1.02. The molecule has 2 heteroatoms. The van der Waals surface area contributed by atoms with E-state index < -0.39 is 0 Å². The summed E-state index contributed by atoms with van der Waals surface area (Å²) in [5, 5.41) is 10.7. The van der Waals surface area contributed by atoms with Crippen LogP contribution in [-0.2, 0) is 6.42 Å². The topological polar surface area (TPSA) is 29.5 Å². The maximum atomic E-state index is 10.7. The summed E-state index contributed by atoms with van der Waals surface area (Å²) in [6.45, 7) is 2.38. The molecule has 2 nitrogen and oxygen atoms in total. The monoisotopic (exact) mass is 298 g/mol. The number of hydrogen-bond donors (Lipinski definition) is 1. The number of hydrogen-bond acceptors (Lipinski definition) is 2. The molecule has 22 heavy (non-hydrogen) atoms. The highest BCUT2D eigenvalue weighted by Gasteiger charge is 2.68. The van der Waals surface area contributed by atoms with Crippen molar-refractivity contribution >= 4 is 0 Å². The Labute approximate surface area is 132 Å².